The Labute approximate surface area is 68.2 Å². The number of hydrogen-bond acceptors (Lipinski definition) is 4. The summed E-state index contributed by atoms with van der Waals surface area (Å²) in [4.78, 5) is 25.1. The van der Waals surface area contributed by atoms with Crippen molar-refractivity contribution in [1.29, 1.82) is 0 Å². The SMILES string of the molecule is CC(=O)[O-].O=C=O.[Na+]. The van der Waals surface area contributed by atoms with E-state index < -0.39 is 5.97 Å². The molecular formula is C3H3NaO4. The van der Waals surface area contributed by atoms with E-state index in [0.717, 1.165) is 6.92 Å². The molecule has 0 aromatic carbocycles. The Balaban J connectivity index is -0.0000000575. The number of carboxylic acids is 1. The van der Waals surface area contributed by atoms with Crippen LogP contribution in [0.5, 0.6) is 0 Å². The molecule has 0 saturated heterocycles. The normalized spacial score (nSPS) is 4.12. The molecule has 0 aromatic heterocycles. The maximum absolute atomic E-state index is 8.89. The minimum absolute atomic E-state index is 0. The van der Waals surface area contributed by atoms with Crippen molar-refractivity contribution in [3.63, 3.8) is 0 Å². The summed E-state index contributed by atoms with van der Waals surface area (Å²) in [5, 5.41) is 8.89. The second-order valence-corrected chi connectivity index (χ2v) is 0.575. The minimum Gasteiger partial charge on any atom is -0.550 e. The van der Waals surface area contributed by atoms with Gasteiger partial charge in [0.1, 0.15) is 0 Å². The topological polar surface area (TPSA) is 74.3 Å². The van der Waals surface area contributed by atoms with Crippen LogP contribution in [0.25, 0.3) is 0 Å². The zero-order valence-electron chi connectivity index (χ0n) is 4.63. The van der Waals surface area contributed by atoms with Gasteiger partial charge in [-0.2, -0.15) is 9.59 Å². The maximum Gasteiger partial charge on any atom is 1.00 e. The van der Waals surface area contributed by atoms with Gasteiger partial charge in [0.25, 0.3) is 0 Å². The molecule has 0 radical (unpaired) electrons. The Morgan fingerprint density at radius 2 is 1.50 bits per heavy atom. The molecule has 0 saturated carbocycles. The summed E-state index contributed by atoms with van der Waals surface area (Å²) in [6.07, 6.45) is 0.250. The summed E-state index contributed by atoms with van der Waals surface area (Å²) < 4.78 is 0. The molecule has 0 spiro atoms. The summed E-state index contributed by atoms with van der Waals surface area (Å²) in [5.74, 6) is -1.08. The quantitative estimate of drug-likeness (QED) is 0.305. The van der Waals surface area contributed by atoms with Crippen LogP contribution < -0.4 is 34.7 Å². The van der Waals surface area contributed by atoms with Gasteiger partial charge in [0.15, 0.2) is 0 Å². The molecule has 0 aromatic rings. The fourth-order valence-electron chi connectivity index (χ4n) is 0. The van der Waals surface area contributed by atoms with E-state index in [1.54, 1.807) is 0 Å². The van der Waals surface area contributed by atoms with E-state index >= 15 is 0 Å². The maximum atomic E-state index is 8.89. The molecule has 0 aliphatic heterocycles. The van der Waals surface area contributed by atoms with Crippen molar-refractivity contribution in [3.05, 3.63) is 0 Å². The summed E-state index contributed by atoms with van der Waals surface area (Å²) in [6.45, 7) is 0.972. The third-order valence-electron chi connectivity index (χ3n) is 0. The van der Waals surface area contributed by atoms with Crippen LogP contribution in [0.15, 0.2) is 0 Å². The van der Waals surface area contributed by atoms with Gasteiger partial charge in [-0.3, -0.25) is 0 Å². The van der Waals surface area contributed by atoms with Crippen LogP contribution in [0, 0.1) is 0 Å². The average Bonchev–Trinajstić information content (AvgIpc) is 1.33. The van der Waals surface area contributed by atoms with Crippen molar-refractivity contribution < 1.29 is 49.0 Å². The zero-order valence-corrected chi connectivity index (χ0v) is 6.63. The standard InChI is InChI=1S/C2H4O2.CO2.Na/c1-2(3)4;2-1-3;/h1H3,(H,3,4);;/q;;+1/p-1. The second kappa shape index (κ2) is 15.8. The first-order chi connectivity index (χ1) is 3.15. The van der Waals surface area contributed by atoms with E-state index in [2.05, 4.69) is 0 Å². The minimum atomic E-state index is -1.08. The molecule has 8 heavy (non-hydrogen) atoms. The van der Waals surface area contributed by atoms with Gasteiger partial charge in [0, 0.05) is 5.97 Å². The molecular weight excluding hydrogens is 123 g/mol. The van der Waals surface area contributed by atoms with E-state index in [4.69, 9.17) is 19.5 Å². The van der Waals surface area contributed by atoms with E-state index in [9.17, 15) is 0 Å². The molecule has 5 heteroatoms. The summed E-state index contributed by atoms with van der Waals surface area (Å²) >= 11 is 0. The monoisotopic (exact) mass is 126 g/mol. The second-order valence-electron chi connectivity index (χ2n) is 0.575. The predicted octanol–water partition coefficient (Wildman–Crippen LogP) is -4.82. The summed E-state index contributed by atoms with van der Waals surface area (Å²) in [5.41, 5.74) is 0. The first kappa shape index (κ1) is 15.7. The smallest absolute Gasteiger partial charge is 0.550 e. The van der Waals surface area contributed by atoms with Gasteiger partial charge >= 0.3 is 35.7 Å². The molecule has 0 fully saturated rings. The van der Waals surface area contributed by atoms with E-state index in [-0.39, 0.29) is 35.7 Å². The van der Waals surface area contributed by atoms with Crippen molar-refractivity contribution in [1.82, 2.24) is 0 Å². The Hall–Kier alpha value is -0.150. The molecule has 4 nitrogen and oxygen atoms in total. The number of aliphatic carboxylic acids is 1. The van der Waals surface area contributed by atoms with Crippen molar-refractivity contribution in [2.24, 2.45) is 0 Å². The van der Waals surface area contributed by atoms with Crippen LogP contribution in [0.4, 0.5) is 0 Å². The Morgan fingerprint density at radius 3 is 1.50 bits per heavy atom. The predicted molar refractivity (Wildman–Crippen MR) is 15.7 cm³/mol. The van der Waals surface area contributed by atoms with E-state index in [1.165, 1.54) is 0 Å². The molecule has 0 aliphatic rings. The molecule has 0 bridgehead atoms. The fourth-order valence-corrected chi connectivity index (χ4v) is 0. The van der Waals surface area contributed by atoms with Gasteiger partial charge < -0.3 is 9.90 Å². The van der Waals surface area contributed by atoms with Gasteiger partial charge in [-0.05, 0) is 6.92 Å². The molecule has 0 aliphatic carbocycles. The summed E-state index contributed by atoms with van der Waals surface area (Å²) in [6, 6.07) is 0. The fraction of sp³-hybridized carbons (Fsp3) is 0.333. The van der Waals surface area contributed by atoms with Crippen molar-refractivity contribution in [3.8, 4) is 0 Å². The van der Waals surface area contributed by atoms with Crippen LogP contribution in [-0.4, -0.2) is 12.1 Å². The average molecular weight is 126 g/mol. The first-order valence-electron chi connectivity index (χ1n) is 1.32. The molecule has 40 valence electrons. The molecule has 0 unspecified atom stereocenters. The molecule has 0 amide bonds. The van der Waals surface area contributed by atoms with Gasteiger partial charge in [-0.25, -0.2) is 0 Å². The first-order valence-corrected chi connectivity index (χ1v) is 1.32. The van der Waals surface area contributed by atoms with Crippen LogP contribution in [-0.2, 0) is 14.4 Å². The third kappa shape index (κ3) is 6120. The van der Waals surface area contributed by atoms with E-state index in [0.29, 0.717) is 0 Å². The summed E-state index contributed by atoms with van der Waals surface area (Å²) in [7, 11) is 0. The van der Waals surface area contributed by atoms with Gasteiger partial charge in [0.2, 0.25) is 0 Å². The molecule has 0 N–H and O–H groups in total. The van der Waals surface area contributed by atoms with Gasteiger partial charge in [-0.1, -0.05) is 0 Å². The van der Waals surface area contributed by atoms with Crippen LogP contribution in [0.1, 0.15) is 6.92 Å². The van der Waals surface area contributed by atoms with Crippen LogP contribution in [0.2, 0.25) is 0 Å². The molecule has 0 rings (SSSR count). The zero-order chi connectivity index (χ0) is 6.28. The Kier molecular flexibility index (Phi) is 31.0. The number of carbonyl (C=O) groups excluding carboxylic acids is 3. The van der Waals surface area contributed by atoms with E-state index in [1.807, 2.05) is 0 Å². The Bertz CT molecular complexity index is 79.3. The number of carboxylic acid groups (broad SMARTS) is 1. The van der Waals surface area contributed by atoms with Crippen molar-refractivity contribution in [2.45, 2.75) is 6.92 Å². The van der Waals surface area contributed by atoms with Crippen molar-refractivity contribution >= 4 is 12.1 Å². The number of rotatable bonds is 0. The Morgan fingerprint density at radius 1 is 1.50 bits per heavy atom. The third-order valence-corrected chi connectivity index (χ3v) is 0. The van der Waals surface area contributed by atoms with Gasteiger partial charge in [-0.15, -0.1) is 0 Å². The molecule has 0 atom stereocenters. The van der Waals surface area contributed by atoms with Crippen LogP contribution >= 0.6 is 0 Å². The van der Waals surface area contributed by atoms with Crippen molar-refractivity contribution in [2.75, 3.05) is 0 Å². The molecule has 0 heterocycles. The number of hydrogen-bond donors (Lipinski definition) is 0. The largest absolute Gasteiger partial charge is 1.00 e. The number of carbonyl (C=O) groups is 1. The van der Waals surface area contributed by atoms with Crippen LogP contribution in [0.3, 0.4) is 0 Å². The van der Waals surface area contributed by atoms with Gasteiger partial charge in [0.05, 0.1) is 0 Å².